The zero-order chi connectivity index (χ0) is 21.0. The smallest absolute Gasteiger partial charge is 0.458 e. The van der Waals surface area contributed by atoms with Crippen molar-refractivity contribution in [2.75, 3.05) is 13.7 Å². The van der Waals surface area contributed by atoms with Gasteiger partial charge in [0, 0.05) is 27.0 Å². The zero-order valence-corrected chi connectivity index (χ0v) is 13.9. The lowest BCUT2D eigenvalue weighted by atomic mass is 9.97. The SMILES string of the molecule is CO[C@H]1C[C@H](NC(=O)C(F)(F)F)[C@H](OC(C)=O)[C@@H](CNC(=O)C(F)(F)F)O1. The van der Waals surface area contributed by atoms with Gasteiger partial charge in [-0.2, -0.15) is 26.3 Å². The Balaban J connectivity index is 3.00. The Hall–Kier alpha value is -2.09. The first kappa shape index (κ1) is 23.0. The fourth-order valence-corrected chi connectivity index (χ4v) is 2.28. The largest absolute Gasteiger partial charge is 0.471 e. The van der Waals surface area contributed by atoms with Crippen molar-refractivity contribution in [3.8, 4) is 0 Å². The fourth-order valence-electron chi connectivity index (χ4n) is 2.28. The van der Waals surface area contributed by atoms with E-state index in [9.17, 15) is 40.7 Å². The van der Waals surface area contributed by atoms with Gasteiger partial charge in [-0.3, -0.25) is 14.4 Å². The number of methoxy groups -OCH3 is 1. The molecule has 4 atom stereocenters. The number of hydrogen-bond donors (Lipinski definition) is 2. The molecule has 0 aliphatic carbocycles. The van der Waals surface area contributed by atoms with Gasteiger partial charge in [-0.05, 0) is 0 Å². The summed E-state index contributed by atoms with van der Waals surface area (Å²) >= 11 is 0. The number of nitrogens with one attached hydrogen (secondary N) is 2. The lowest BCUT2D eigenvalue weighted by Crippen LogP contribution is -2.61. The highest BCUT2D eigenvalue weighted by Gasteiger charge is 2.47. The molecule has 1 aliphatic rings. The van der Waals surface area contributed by atoms with Gasteiger partial charge in [-0.1, -0.05) is 0 Å². The molecule has 0 bridgehead atoms. The number of hydrogen-bond acceptors (Lipinski definition) is 6. The van der Waals surface area contributed by atoms with E-state index in [0.29, 0.717) is 0 Å². The van der Waals surface area contributed by atoms with Gasteiger partial charge in [-0.25, -0.2) is 0 Å². The van der Waals surface area contributed by atoms with Crippen molar-refractivity contribution in [2.24, 2.45) is 0 Å². The first-order valence-electron chi connectivity index (χ1n) is 7.34. The van der Waals surface area contributed by atoms with Crippen LogP contribution in [-0.2, 0) is 28.6 Å². The molecule has 0 unspecified atom stereocenters. The molecule has 0 aromatic carbocycles. The Morgan fingerprint density at radius 2 is 1.63 bits per heavy atom. The van der Waals surface area contributed by atoms with Gasteiger partial charge in [0.25, 0.3) is 0 Å². The quantitative estimate of drug-likeness (QED) is 0.503. The van der Waals surface area contributed by atoms with Gasteiger partial charge in [0.2, 0.25) is 0 Å². The molecule has 27 heavy (non-hydrogen) atoms. The van der Waals surface area contributed by atoms with E-state index < -0.39 is 61.2 Å². The van der Waals surface area contributed by atoms with Gasteiger partial charge in [0.15, 0.2) is 6.29 Å². The van der Waals surface area contributed by atoms with Gasteiger partial charge >= 0.3 is 30.1 Å². The summed E-state index contributed by atoms with van der Waals surface area (Å²) < 4.78 is 89.2. The average Bonchev–Trinajstić information content (AvgIpc) is 2.52. The van der Waals surface area contributed by atoms with Gasteiger partial charge in [0.1, 0.15) is 12.2 Å². The van der Waals surface area contributed by atoms with Gasteiger partial charge < -0.3 is 24.8 Å². The number of halogens is 6. The first-order chi connectivity index (χ1) is 12.3. The second-order valence-electron chi connectivity index (χ2n) is 5.44. The minimum atomic E-state index is -5.25. The summed E-state index contributed by atoms with van der Waals surface area (Å²) in [6, 6.07) is -1.49. The molecule has 0 aromatic rings. The summed E-state index contributed by atoms with van der Waals surface area (Å²) in [5, 5.41) is 3.06. The molecule has 2 N–H and O–H groups in total. The summed E-state index contributed by atoms with van der Waals surface area (Å²) in [7, 11) is 1.10. The third-order valence-electron chi connectivity index (χ3n) is 3.40. The zero-order valence-electron chi connectivity index (χ0n) is 13.9. The standard InChI is InChI=1S/C13H16F6N2O6/c1-5(22)26-9-6(21-11(24)13(17,18)19)3-8(25-2)27-7(9)4-20-10(23)12(14,15)16/h6-9H,3-4H2,1-2H3,(H,20,23)(H,21,24)/t6-,7+,8+,9-/m0/s1. The van der Waals surface area contributed by atoms with Crippen LogP contribution in [0.25, 0.3) is 0 Å². The Bertz CT molecular complexity index is 566. The predicted molar refractivity (Wildman–Crippen MR) is 72.9 cm³/mol. The van der Waals surface area contributed by atoms with E-state index in [2.05, 4.69) is 0 Å². The lowest BCUT2D eigenvalue weighted by Gasteiger charge is -2.40. The third-order valence-corrected chi connectivity index (χ3v) is 3.40. The maximum atomic E-state index is 12.5. The summed E-state index contributed by atoms with van der Waals surface area (Å²) in [6.07, 6.45) is -15.2. The highest BCUT2D eigenvalue weighted by molar-refractivity contribution is 5.82. The van der Waals surface area contributed by atoms with E-state index in [4.69, 9.17) is 14.2 Å². The van der Waals surface area contributed by atoms with Crippen molar-refractivity contribution in [1.82, 2.24) is 10.6 Å². The molecule has 2 amide bonds. The highest BCUT2D eigenvalue weighted by atomic mass is 19.4. The molecule has 1 heterocycles. The molecule has 0 saturated carbocycles. The Morgan fingerprint density at radius 3 is 2.07 bits per heavy atom. The van der Waals surface area contributed by atoms with Crippen LogP contribution < -0.4 is 10.6 Å². The summed E-state index contributed by atoms with van der Waals surface area (Å²) in [5.74, 6) is -5.67. The van der Waals surface area contributed by atoms with Crippen molar-refractivity contribution in [2.45, 2.75) is 50.2 Å². The number of rotatable bonds is 5. The monoisotopic (exact) mass is 410 g/mol. The van der Waals surface area contributed by atoms with Crippen molar-refractivity contribution in [3.63, 3.8) is 0 Å². The lowest BCUT2D eigenvalue weighted by molar-refractivity contribution is -0.230. The van der Waals surface area contributed by atoms with E-state index in [-0.39, 0.29) is 6.42 Å². The third kappa shape index (κ3) is 6.86. The van der Waals surface area contributed by atoms with Gasteiger partial charge in [0.05, 0.1) is 6.04 Å². The first-order valence-corrected chi connectivity index (χ1v) is 7.34. The minimum absolute atomic E-state index is 0.389. The summed E-state index contributed by atoms with van der Waals surface area (Å²) in [6.45, 7) is 0.0327. The second kappa shape index (κ2) is 8.73. The molecule has 0 radical (unpaired) electrons. The summed E-state index contributed by atoms with van der Waals surface area (Å²) in [4.78, 5) is 33.3. The number of carbonyl (C=O) groups is 3. The van der Waals surface area contributed by atoms with Crippen LogP contribution in [0, 0.1) is 0 Å². The van der Waals surface area contributed by atoms with Crippen LogP contribution in [0.15, 0.2) is 0 Å². The number of carbonyl (C=O) groups excluding carboxylic acids is 3. The Morgan fingerprint density at radius 1 is 1.07 bits per heavy atom. The number of esters is 1. The molecular weight excluding hydrogens is 394 g/mol. The van der Waals surface area contributed by atoms with Crippen LogP contribution in [-0.4, -0.2) is 68.3 Å². The molecule has 1 fully saturated rings. The average molecular weight is 410 g/mol. The molecule has 1 rings (SSSR count). The van der Waals surface area contributed by atoms with Crippen molar-refractivity contribution in [1.29, 1.82) is 0 Å². The molecule has 1 aliphatic heterocycles. The number of alkyl halides is 6. The van der Waals surface area contributed by atoms with E-state index in [0.717, 1.165) is 14.0 Å². The topological polar surface area (TPSA) is 103 Å². The molecule has 1 saturated heterocycles. The Labute approximate surface area is 148 Å². The van der Waals surface area contributed by atoms with Crippen LogP contribution in [0.5, 0.6) is 0 Å². The Kier molecular flexibility index (Phi) is 7.42. The molecule has 156 valence electrons. The maximum absolute atomic E-state index is 12.5. The van der Waals surface area contributed by atoms with Crippen LogP contribution in [0.3, 0.4) is 0 Å². The number of ether oxygens (including phenoxy) is 3. The van der Waals surface area contributed by atoms with Crippen molar-refractivity contribution < 1.29 is 54.9 Å². The second-order valence-corrected chi connectivity index (χ2v) is 5.44. The van der Waals surface area contributed by atoms with Crippen LogP contribution in [0.2, 0.25) is 0 Å². The predicted octanol–water partition coefficient (Wildman–Crippen LogP) is 0.405. The maximum Gasteiger partial charge on any atom is 0.471 e. The molecule has 8 nitrogen and oxygen atoms in total. The molecule has 0 aromatic heterocycles. The van der Waals surface area contributed by atoms with Gasteiger partial charge in [-0.15, -0.1) is 0 Å². The van der Waals surface area contributed by atoms with Crippen molar-refractivity contribution in [3.05, 3.63) is 0 Å². The van der Waals surface area contributed by atoms with Crippen LogP contribution in [0.1, 0.15) is 13.3 Å². The molecule has 14 heteroatoms. The van der Waals surface area contributed by atoms with Crippen LogP contribution in [0.4, 0.5) is 26.3 Å². The normalized spacial score (nSPS) is 26.2. The molecule has 0 spiro atoms. The van der Waals surface area contributed by atoms with Crippen LogP contribution >= 0.6 is 0 Å². The van der Waals surface area contributed by atoms with E-state index in [1.165, 1.54) is 5.32 Å². The van der Waals surface area contributed by atoms with E-state index in [1.807, 2.05) is 0 Å². The number of amides is 2. The minimum Gasteiger partial charge on any atom is -0.458 e. The molecular formula is C13H16F6N2O6. The summed E-state index contributed by atoms with van der Waals surface area (Å²) in [5.41, 5.74) is 0. The van der Waals surface area contributed by atoms with E-state index in [1.54, 1.807) is 5.32 Å². The van der Waals surface area contributed by atoms with E-state index >= 15 is 0 Å². The van der Waals surface area contributed by atoms with Crippen molar-refractivity contribution >= 4 is 17.8 Å². The fraction of sp³-hybridized carbons (Fsp3) is 0.769. The highest BCUT2D eigenvalue weighted by Crippen LogP contribution is 2.25.